The molecule has 0 aromatic heterocycles. The molecule has 0 aliphatic carbocycles. The summed E-state index contributed by atoms with van der Waals surface area (Å²) in [7, 11) is -3.67. The van der Waals surface area contributed by atoms with Crippen molar-refractivity contribution in [2.75, 3.05) is 0 Å². The van der Waals surface area contributed by atoms with Gasteiger partial charge in [-0.3, -0.25) is 4.79 Å². The van der Waals surface area contributed by atoms with E-state index in [1.54, 1.807) is 13.8 Å². The van der Waals surface area contributed by atoms with E-state index in [2.05, 4.69) is 10.0 Å². The van der Waals surface area contributed by atoms with Gasteiger partial charge in [0.15, 0.2) is 0 Å². The Balaban J connectivity index is 3.18. The molecule has 0 spiro atoms. The maximum atomic E-state index is 12.3. The minimum Gasteiger partial charge on any atom is -0.347 e. The smallest absolute Gasteiger partial charge is 0.253 e. The Bertz CT molecular complexity index is 655. The zero-order chi connectivity index (χ0) is 17.1. The van der Waals surface area contributed by atoms with Gasteiger partial charge in [-0.25, -0.2) is 13.1 Å². The van der Waals surface area contributed by atoms with Crippen molar-refractivity contribution in [3.8, 4) is 0 Å². The molecule has 0 bridgehead atoms. The minimum absolute atomic E-state index is 0.0186. The fraction of sp³-hybridized carbons (Fsp3) is 0.533. The lowest BCUT2D eigenvalue weighted by molar-refractivity contribution is 0.0911. The van der Waals surface area contributed by atoms with Crippen LogP contribution in [-0.4, -0.2) is 25.9 Å². The van der Waals surface area contributed by atoms with Gasteiger partial charge in [0.2, 0.25) is 10.0 Å². The normalized spacial score (nSPS) is 12.5. The van der Waals surface area contributed by atoms with Crippen molar-refractivity contribution < 1.29 is 13.2 Å². The fourth-order valence-corrected chi connectivity index (χ4v) is 3.17. The summed E-state index contributed by atoms with van der Waals surface area (Å²) in [6.07, 6.45) is 0.739. The number of halogens is 1. The lowest BCUT2D eigenvalue weighted by Gasteiger charge is -2.24. The van der Waals surface area contributed by atoms with Crippen LogP contribution < -0.4 is 10.0 Å². The number of benzene rings is 1. The van der Waals surface area contributed by atoms with Crippen molar-refractivity contribution in [2.45, 2.75) is 57.5 Å². The molecule has 0 aliphatic heterocycles. The summed E-state index contributed by atoms with van der Waals surface area (Å²) in [4.78, 5) is 12.3. The molecule has 0 heterocycles. The summed E-state index contributed by atoms with van der Waals surface area (Å²) >= 11 is 6.04. The Morgan fingerprint density at radius 2 is 1.91 bits per heavy atom. The van der Waals surface area contributed by atoms with Crippen LogP contribution in [0.2, 0.25) is 5.02 Å². The third-order valence-electron chi connectivity index (χ3n) is 3.22. The van der Waals surface area contributed by atoms with Crippen molar-refractivity contribution in [2.24, 2.45) is 0 Å². The highest BCUT2D eigenvalue weighted by Crippen LogP contribution is 2.22. The van der Waals surface area contributed by atoms with Gasteiger partial charge in [0, 0.05) is 11.6 Å². The van der Waals surface area contributed by atoms with Crippen molar-refractivity contribution in [1.29, 1.82) is 0 Å². The SMILES string of the molecule is CCC(C)(C)NC(=O)c1cc(S(=O)(=O)NC(C)C)ccc1Cl. The Hall–Kier alpha value is -1.11. The molecule has 0 atom stereocenters. The minimum atomic E-state index is -3.67. The number of hydrogen-bond acceptors (Lipinski definition) is 3. The Morgan fingerprint density at radius 3 is 2.41 bits per heavy atom. The molecule has 0 saturated heterocycles. The molecule has 7 heteroatoms. The number of nitrogens with one attached hydrogen (secondary N) is 2. The van der Waals surface area contributed by atoms with Crippen molar-refractivity contribution in [3.63, 3.8) is 0 Å². The first-order valence-electron chi connectivity index (χ1n) is 7.13. The summed E-state index contributed by atoms with van der Waals surface area (Å²) in [6, 6.07) is 3.87. The van der Waals surface area contributed by atoms with E-state index >= 15 is 0 Å². The monoisotopic (exact) mass is 346 g/mol. The van der Waals surface area contributed by atoms with Crippen LogP contribution in [0.5, 0.6) is 0 Å². The number of carbonyl (C=O) groups excluding carboxylic acids is 1. The Kier molecular flexibility index (Phi) is 6.01. The first kappa shape index (κ1) is 18.9. The third-order valence-corrected chi connectivity index (χ3v) is 5.21. The van der Waals surface area contributed by atoms with Gasteiger partial charge in [0.1, 0.15) is 0 Å². The van der Waals surface area contributed by atoms with Gasteiger partial charge in [0.25, 0.3) is 5.91 Å². The van der Waals surface area contributed by atoms with E-state index in [9.17, 15) is 13.2 Å². The van der Waals surface area contributed by atoms with Crippen molar-refractivity contribution in [3.05, 3.63) is 28.8 Å². The standard InChI is InChI=1S/C15H23ClN2O3S/c1-6-15(4,5)17-14(19)12-9-11(7-8-13(12)16)22(20,21)18-10(2)3/h7-10,18H,6H2,1-5H3,(H,17,19). The molecule has 0 radical (unpaired) electrons. The predicted octanol–water partition coefficient (Wildman–Crippen LogP) is 2.95. The van der Waals surface area contributed by atoms with Crippen molar-refractivity contribution in [1.82, 2.24) is 10.0 Å². The first-order chi connectivity index (χ1) is 9.98. The molecular weight excluding hydrogens is 324 g/mol. The molecule has 5 nitrogen and oxygen atoms in total. The lowest BCUT2D eigenvalue weighted by Crippen LogP contribution is -2.43. The van der Waals surface area contributed by atoms with Gasteiger partial charge in [0.05, 0.1) is 15.5 Å². The second-order valence-corrected chi connectivity index (χ2v) is 8.23. The van der Waals surface area contributed by atoms with Crippen LogP contribution in [-0.2, 0) is 10.0 Å². The highest BCUT2D eigenvalue weighted by atomic mass is 35.5. The summed E-state index contributed by atoms with van der Waals surface area (Å²) in [5.74, 6) is -0.390. The molecular formula is C15H23ClN2O3S. The largest absolute Gasteiger partial charge is 0.347 e. The average molecular weight is 347 g/mol. The van der Waals surface area contributed by atoms with Crippen LogP contribution in [0.1, 0.15) is 51.4 Å². The van der Waals surface area contributed by atoms with E-state index in [1.807, 2.05) is 20.8 Å². The topological polar surface area (TPSA) is 75.3 Å². The van der Waals surface area contributed by atoms with Crippen LogP contribution >= 0.6 is 11.6 Å². The van der Waals surface area contributed by atoms with E-state index in [4.69, 9.17) is 11.6 Å². The average Bonchev–Trinajstić information content (AvgIpc) is 2.36. The van der Waals surface area contributed by atoms with Gasteiger partial charge in [-0.2, -0.15) is 0 Å². The molecule has 124 valence electrons. The van der Waals surface area contributed by atoms with Gasteiger partial charge in [-0.1, -0.05) is 18.5 Å². The molecule has 0 aliphatic rings. The number of carbonyl (C=O) groups is 1. The second kappa shape index (κ2) is 6.98. The van der Waals surface area contributed by atoms with Crippen LogP contribution in [0.25, 0.3) is 0 Å². The zero-order valence-electron chi connectivity index (χ0n) is 13.5. The van der Waals surface area contributed by atoms with E-state index < -0.39 is 21.5 Å². The van der Waals surface area contributed by atoms with Gasteiger partial charge < -0.3 is 5.32 Å². The summed E-state index contributed by atoms with van der Waals surface area (Å²) in [5.41, 5.74) is -0.249. The highest BCUT2D eigenvalue weighted by molar-refractivity contribution is 7.89. The third kappa shape index (κ3) is 4.97. The maximum absolute atomic E-state index is 12.3. The quantitative estimate of drug-likeness (QED) is 0.831. The van der Waals surface area contributed by atoms with Crippen LogP contribution in [0, 0.1) is 0 Å². The molecule has 1 amide bonds. The zero-order valence-corrected chi connectivity index (χ0v) is 15.1. The van der Waals surface area contributed by atoms with E-state index in [0.29, 0.717) is 0 Å². The van der Waals surface area contributed by atoms with Crippen LogP contribution in [0.3, 0.4) is 0 Å². The fourth-order valence-electron chi connectivity index (χ4n) is 1.69. The predicted molar refractivity (Wildman–Crippen MR) is 88.7 cm³/mol. The second-order valence-electron chi connectivity index (χ2n) is 6.11. The molecule has 0 saturated carbocycles. The number of amides is 1. The molecule has 1 rings (SSSR count). The number of sulfonamides is 1. The number of hydrogen-bond donors (Lipinski definition) is 2. The molecule has 22 heavy (non-hydrogen) atoms. The van der Waals surface area contributed by atoms with E-state index in [-0.39, 0.29) is 21.5 Å². The number of rotatable bonds is 6. The van der Waals surface area contributed by atoms with Gasteiger partial charge in [-0.15, -0.1) is 0 Å². The molecule has 1 aromatic carbocycles. The summed E-state index contributed by atoms with van der Waals surface area (Å²) in [5, 5.41) is 3.06. The van der Waals surface area contributed by atoms with Crippen molar-refractivity contribution >= 4 is 27.5 Å². The molecule has 2 N–H and O–H groups in total. The van der Waals surface area contributed by atoms with E-state index in [0.717, 1.165) is 6.42 Å². The first-order valence-corrected chi connectivity index (χ1v) is 8.99. The lowest BCUT2D eigenvalue weighted by atomic mass is 10.0. The van der Waals surface area contributed by atoms with Gasteiger partial charge >= 0.3 is 0 Å². The van der Waals surface area contributed by atoms with Gasteiger partial charge in [-0.05, 0) is 52.3 Å². The van der Waals surface area contributed by atoms with Crippen LogP contribution in [0.15, 0.2) is 23.1 Å². The highest BCUT2D eigenvalue weighted by Gasteiger charge is 2.23. The molecule has 1 aromatic rings. The Labute approximate surface area is 137 Å². The summed E-state index contributed by atoms with van der Waals surface area (Å²) < 4.78 is 26.8. The van der Waals surface area contributed by atoms with Crippen LogP contribution in [0.4, 0.5) is 0 Å². The molecule has 0 fully saturated rings. The van der Waals surface area contributed by atoms with E-state index in [1.165, 1.54) is 18.2 Å². The molecule has 0 unspecified atom stereocenters. The Morgan fingerprint density at radius 1 is 1.32 bits per heavy atom. The summed E-state index contributed by atoms with van der Waals surface area (Å²) in [6.45, 7) is 9.18. The maximum Gasteiger partial charge on any atom is 0.253 e.